The van der Waals surface area contributed by atoms with Gasteiger partial charge in [0, 0.05) is 24.5 Å². The highest BCUT2D eigenvalue weighted by Gasteiger charge is 2.23. The Bertz CT molecular complexity index is 1340. The van der Waals surface area contributed by atoms with E-state index >= 15 is 0 Å². The fraction of sp³-hybridized carbons (Fsp3) is 0.387. The van der Waals surface area contributed by atoms with Gasteiger partial charge in [0.1, 0.15) is 0 Å². The zero-order chi connectivity index (χ0) is 25.8. The van der Waals surface area contributed by atoms with Crippen LogP contribution in [0.25, 0.3) is 0 Å². The summed E-state index contributed by atoms with van der Waals surface area (Å²) in [6, 6.07) is 21.8. The van der Waals surface area contributed by atoms with Crippen LogP contribution in [-0.2, 0) is 40.3 Å². The lowest BCUT2D eigenvalue weighted by Gasteiger charge is -2.32. The molecule has 0 bridgehead atoms. The molecule has 3 aromatic rings. The molecule has 1 N–H and O–H groups in total. The van der Waals surface area contributed by atoms with Gasteiger partial charge in [-0.2, -0.15) is 0 Å². The van der Waals surface area contributed by atoms with Crippen LogP contribution in [0.5, 0.6) is 0 Å². The molecule has 2 aliphatic rings. The van der Waals surface area contributed by atoms with Gasteiger partial charge in [0.15, 0.2) is 9.84 Å². The Morgan fingerprint density at radius 3 is 2.35 bits per heavy atom. The van der Waals surface area contributed by atoms with Crippen LogP contribution in [0.4, 0.5) is 11.4 Å². The van der Waals surface area contributed by atoms with Gasteiger partial charge in [0.2, 0.25) is 5.91 Å². The molecular formula is C31H36N2O3S. The molecule has 194 valence electrons. The maximum Gasteiger partial charge on any atom is 0.228 e. The first-order valence-electron chi connectivity index (χ1n) is 13.5. The molecule has 1 fully saturated rings. The molecule has 6 heteroatoms. The Balaban J connectivity index is 1.14. The summed E-state index contributed by atoms with van der Waals surface area (Å²) in [7, 11) is -3.23. The molecule has 1 amide bonds. The Morgan fingerprint density at radius 1 is 0.946 bits per heavy atom. The number of sulfone groups is 1. The Labute approximate surface area is 220 Å². The van der Waals surface area contributed by atoms with Gasteiger partial charge in [0.05, 0.1) is 17.1 Å². The average molecular weight is 517 g/mol. The van der Waals surface area contributed by atoms with Crippen molar-refractivity contribution in [3.8, 4) is 0 Å². The molecule has 1 aliphatic carbocycles. The van der Waals surface area contributed by atoms with Crippen LogP contribution in [0.15, 0.2) is 71.6 Å². The van der Waals surface area contributed by atoms with Crippen molar-refractivity contribution >= 4 is 27.1 Å². The molecule has 1 aliphatic heterocycles. The molecule has 1 saturated carbocycles. The number of hydrogen-bond acceptors (Lipinski definition) is 4. The number of carbonyl (C=O) groups excluding carboxylic acids is 1. The summed E-state index contributed by atoms with van der Waals surface area (Å²) in [6.07, 6.45) is 7.54. The van der Waals surface area contributed by atoms with Crippen molar-refractivity contribution in [3.05, 3.63) is 89.0 Å². The highest BCUT2D eigenvalue weighted by atomic mass is 32.2. The minimum absolute atomic E-state index is 0.0649. The second-order valence-corrected chi connectivity index (χ2v) is 12.7. The SMILES string of the molecule is CCS(=O)(=O)c1ccc(CC(=O)Nc2ccc(CCN3CCCc4ccc(CC5CC5)cc43)cc2)cc1. The normalized spacial score (nSPS) is 15.3. The lowest BCUT2D eigenvalue weighted by atomic mass is 9.97. The number of nitrogens with zero attached hydrogens (tertiary/aromatic N) is 1. The molecule has 0 unspecified atom stereocenters. The fourth-order valence-electron chi connectivity index (χ4n) is 5.10. The maximum absolute atomic E-state index is 12.5. The van der Waals surface area contributed by atoms with E-state index in [9.17, 15) is 13.2 Å². The van der Waals surface area contributed by atoms with E-state index in [0.717, 1.165) is 36.7 Å². The van der Waals surface area contributed by atoms with Gasteiger partial charge in [-0.1, -0.05) is 43.3 Å². The topological polar surface area (TPSA) is 66.5 Å². The van der Waals surface area contributed by atoms with E-state index in [1.807, 2.05) is 12.1 Å². The summed E-state index contributed by atoms with van der Waals surface area (Å²) in [6.45, 7) is 3.73. The first-order valence-corrected chi connectivity index (χ1v) is 15.1. The van der Waals surface area contributed by atoms with Gasteiger partial charge in [0.25, 0.3) is 0 Å². The average Bonchev–Trinajstić information content (AvgIpc) is 3.72. The molecule has 0 radical (unpaired) electrons. The van der Waals surface area contributed by atoms with E-state index in [1.165, 1.54) is 54.5 Å². The summed E-state index contributed by atoms with van der Waals surface area (Å²) in [5, 5.41) is 2.95. The lowest BCUT2D eigenvalue weighted by molar-refractivity contribution is -0.115. The Morgan fingerprint density at radius 2 is 1.65 bits per heavy atom. The molecule has 0 saturated heterocycles. The predicted molar refractivity (Wildman–Crippen MR) is 150 cm³/mol. The number of amides is 1. The fourth-order valence-corrected chi connectivity index (χ4v) is 5.99. The van der Waals surface area contributed by atoms with E-state index in [2.05, 4.69) is 40.5 Å². The molecule has 0 spiro atoms. The third kappa shape index (κ3) is 6.61. The van der Waals surface area contributed by atoms with E-state index in [1.54, 1.807) is 31.2 Å². The van der Waals surface area contributed by atoms with Crippen LogP contribution in [0.1, 0.15) is 48.4 Å². The zero-order valence-electron chi connectivity index (χ0n) is 21.6. The van der Waals surface area contributed by atoms with Crippen LogP contribution in [-0.4, -0.2) is 33.2 Å². The van der Waals surface area contributed by atoms with Crippen molar-refractivity contribution in [3.63, 3.8) is 0 Å². The zero-order valence-corrected chi connectivity index (χ0v) is 22.4. The van der Waals surface area contributed by atoms with Gasteiger partial charge in [-0.3, -0.25) is 4.79 Å². The van der Waals surface area contributed by atoms with E-state index in [4.69, 9.17) is 0 Å². The molecule has 3 aromatic carbocycles. The molecule has 0 aromatic heterocycles. The van der Waals surface area contributed by atoms with E-state index < -0.39 is 9.84 Å². The number of benzene rings is 3. The number of nitrogens with one attached hydrogen (secondary N) is 1. The van der Waals surface area contributed by atoms with Crippen molar-refractivity contribution in [1.82, 2.24) is 0 Å². The first kappa shape index (κ1) is 25.5. The summed E-state index contributed by atoms with van der Waals surface area (Å²) in [4.78, 5) is 15.4. The molecule has 37 heavy (non-hydrogen) atoms. The minimum atomic E-state index is -3.23. The lowest BCUT2D eigenvalue weighted by Crippen LogP contribution is -2.31. The number of hydrogen-bond donors (Lipinski definition) is 1. The van der Waals surface area contributed by atoms with Crippen LogP contribution in [0.3, 0.4) is 0 Å². The van der Waals surface area contributed by atoms with Crippen LogP contribution >= 0.6 is 0 Å². The smallest absolute Gasteiger partial charge is 0.228 e. The van der Waals surface area contributed by atoms with E-state index in [-0.39, 0.29) is 18.1 Å². The van der Waals surface area contributed by atoms with Gasteiger partial charge >= 0.3 is 0 Å². The molecule has 0 atom stereocenters. The monoisotopic (exact) mass is 516 g/mol. The van der Waals surface area contributed by atoms with E-state index in [0.29, 0.717) is 4.90 Å². The Hall–Kier alpha value is -3.12. The first-order chi connectivity index (χ1) is 17.9. The standard InChI is InChI=1S/C31H36N2O3S/c1-2-37(35,36)29-15-10-25(11-16-29)22-31(34)32-28-13-8-23(9-14-28)17-19-33-18-3-4-27-12-7-26(21-30(27)33)20-24-5-6-24/h7-16,21,24H,2-6,17-20,22H2,1H3,(H,32,34). The maximum atomic E-state index is 12.5. The van der Waals surface area contributed by atoms with Crippen molar-refractivity contribution in [1.29, 1.82) is 0 Å². The predicted octanol–water partition coefficient (Wildman–Crippen LogP) is 5.61. The van der Waals surface area contributed by atoms with Crippen molar-refractivity contribution in [2.24, 2.45) is 5.92 Å². The third-order valence-corrected chi connectivity index (χ3v) is 9.27. The number of carbonyl (C=O) groups is 1. The largest absolute Gasteiger partial charge is 0.371 e. The second-order valence-electron chi connectivity index (χ2n) is 10.4. The number of aryl methyl sites for hydroxylation is 1. The summed E-state index contributed by atoms with van der Waals surface area (Å²) in [5.74, 6) is 0.847. The highest BCUT2D eigenvalue weighted by Crippen LogP contribution is 2.35. The third-order valence-electron chi connectivity index (χ3n) is 7.52. The van der Waals surface area contributed by atoms with Crippen LogP contribution in [0.2, 0.25) is 0 Å². The number of fused-ring (bicyclic) bond motifs is 1. The highest BCUT2D eigenvalue weighted by molar-refractivity contribution is 7.91. The minimum Gasteiger partial charge on any atom is -0.371 e. The van der Waals surface area contributed by atoms with Gasteiger partial charge in [-0.25, -0.2) is 8.42 Å². The van der Waals surface area contributed by atoms with Crippen LogP contribution in [0, 0.1) is 5.92 Å². The van der Waals surface area contributed by atoms with Crippen LogP contribution < -0.4 is 10.2 Å². The van der Waals surface area contributed by atoms with Crippen molar-refractivity contribution in [2.45, 2.75) is 56.8 Å². The van der Waals surface area contributed by atoms with Crippen molar-refractivity contribution in [2.75, 3.05) is 29.1 Å². The number of rotatable bonds is 10. The molecular weight excluding hydrogens is 480 g/mol. The number of anilines is 2. The van der Waals surface area contributed by atoms with Gasteiger partial charge in [-0.05, 0) is 97.0 Å². The van der Waals surface area contributed by atoms with Crippen molar-refractivity contribution < 1.29 is 13.2 Å². The second kappa shape index (κ2) is 11.1. The van der Waals surface area contributed by atoms with Gasteiger partial charge < -0.3 is 10.2 Å². The summed E-state index contributed by atoms with van der Waals surface area (Å²) < 4.78 is 23.9. The Kier molecular flexibility index (Phi) is 7.65. The molecule has 5 rings (SSSR count). The summed E-state index contributed by atoms with van der Waals surface area (Å²) in [5.41, 5.74) is 7.19. The van der Waals surface area contributed by atoms with Gasteiger partial charge in [-0.15, -0.1) is 0 Å². The summed E-state index contributed by atoms with van der Waals surface area (Å²) >= 11 is 0. The quantitative estimate of drug-likeness (QED) is 0.380. The molecule has 5 nitrogen and oxygen atoms in total. The molecule has 1 heterocycles.